The number of ketones is 2. The summed E-state index contributed by atoms with van der Waals surface area (Å²) in [5.74, 6) is -4.30. The van der Waals surface area contributed by atoms with Crippen LogP contribution in [0.1, 0.15) is 112 Å². The molecular formula is C44H61N9O9. The summed E-state index contributed by atoms with van der Waals surface area (Å²) in [4.78, 5) is 119. The van der Waals surface area contributed by atoms with Gasteiger partial charge in [0.15, 0.2) is 11.6 Å². The predicted molar refractivity (Wildman–Crippen MR) is 231 cm³/mol. The molecule has 18 nitrogen and oxygen atoms in total. The summed E-state index contributed by atoms with van der Waals surface area (Å²) in [6.07, 6.45) is 2.59. The molecule has 2 aromatic carbocycles. The molecule has 62 heavy (non-hydrogen) atoms. The number of benzene rings is 2. The number of anilines is 1. The third kappa shape index (κ3) is 12.7. The summed E-state index contributed by atoms with van der Waals surface area (Å²) >= 11 is 0. The number of nitrogens with one attached hydrogen (secondary N) is 7. The molecule has 18 heteroatoms. The van der Waals surface area contributed by atoms with Crippen LogP contribution in [0.15, 0.2) is 42.5 Å². The quantitative estimate of drug-likeness (QED) is 0.0690. The smallest absolute Gasteiger partial charge is 0.245 e. The Morgan fingerprint density at radius 1 is 0.726 bits per heavy atom. The standard InChI is InChI=1S/C44H61N9O9/c1-7-13-32(51-35(54)23-48-42(60)33(22-24(2)3)52-41(59)27(6)50-40(58)26(5)49-39(57)25(4)45)44(62)53-21-11-18-34(53)43(61)47-20-12-19-46-31-17-10-16-30-36(31)38(56)29-15-9-8-14-28(29)37(30)55/h8-10,14-17,24-27,32-34,46H,7,11-13,18-23,45H2,1-6H3,(H,47,61)(H,48,60)(H,49,57)(H,50,58)(H,51,54)(H,52,59)/t25-,26+,27+,32+,33+,34+/m1/s1. The molecule has 4 rings (SSSR count). The molecule has 0 aromatic heterocycles. The van der Waals surface area contributed by atoms with E-state index in [9.17, 15) is 43.2 Å². The van der Waals surface area contributed by atoms with Crippen LogP contribution >= 0.6 is 0 Å². The van der Waals surface area contributed by atoms with Gasteiger partial charge in [-0.25, -0.2) is 0 Å². The Hall–Kier alpha value is -6.17. The van der Waals surface area contributed by atoms with E-state index in [1.807, 2.05) is 20.8 Å². The zero-order valence-electron chi connectivity index (χ0n) is 36.4. The number of fused-ring (bicyclic) bond motifs is 2. The van der Waals surface area contributed by atoms with E-state index < -0.39 is 78.2 Å². The van der Waals surface area contributed by atoms with Gasteiger partial charge < -0.3 is 47.9 Å². The Labute approximate surface area is 362 Å². The molecule has 0 spiro atoms. The van der Waals surface area contributed by atoms with Crippen molar-refractivity contribution >= 4 is 58.6 Å². The highest BCUT2D eigenvalue weighted by Gasteiger charge is 2.38. The summed E-state index contributed by atoms with van der Waals surface area (Å²) in [6, 6.07) is 6.24. The third-order valence-electron chi connectivity index (χ3n) is 10.7. The van der Waals surface area contributed by atoms with Crippen LogP contribution in [-0.2, 0) is 33.6 Å². The molecule has 0 saturated carbocycles. The number of carbonyl (C=O) groups is 9. The Morgan fingerprint density at radius 2 is 1.35 bits per heavy atom. The fourth-order valence-corrected chi connectivity index (χ4v) is 7.33. The van der Waals surface area contributed by atoms with Crippen LogP contribution in [0.3, 0.4) is 0 Å². The van der Waals surface area contributed by atoms with Crippen molar-refractivity contribution in [2.24, 2.45) is 11.7 Å². The third-order valence-corrected chi connectivity index (χ3v) is 10.7. The van der Waals surface area contributed by atoms with Gasteiger partial charge in [-0.05, 0) is 64.9 Å². The van der Waals surface area contributed by atoms with Crippen molar-refractivity contribution < 1.29 is 43.2 Å². The largest absolute Gasteiger partial charge is 0.384 e. The number of carbonyl (C=O) groups excluding carboxylic acids is 9. The second-order valence-electron chi connectivity index (χ2n) is 16.3. The lowest BCUT2D eigenvalue weighted by atomic mass is 9.83. The summed E-state index contributed by atoms with van der Waals surface area (Å²) in [5.41, 5.74) is 7.47. The van der Waals surface area contributed by atoms with Crippen molar-refractivity contribution in [3.05, 3.63) is 64.7 Å². The minimum Gasteiger partial charge on any atom is -0.384 e. The summed E-state index contributed by atoms with van der Waals surface area (Å²) in [7, 11) is 0. The molecule has 336 valence electrons. The first-order valence-electron chi connectivity index (χ1n) is 21.3. The molecule has 7 amide bonds. The van der Waals surface area contributed by atoms with Gasteiger partial charge in [0.1, 0.15) is 30.2 Å². The van der Waals surface area contributed by atoms with Crippen LogP contribution in [0.2, 0.25) is 0 Å². The first kappa shape index (κ1) is 48.5. The fourth-order valence-electron chi connectivity index (χ4n) is 7.33. The molecule has 0 unspecified atom stereocenters. The average Bonchev–Trinajstić information content (AvgIpc) is 3.74. The van der Waals surface area contributed by atoms with Gasteiger partial charge in [0.2, 0.25) is 41.4 Å². The number of nitrogens with two attached hydrogens (primary N) is 1. The van der Waals surface area contributed by atoms with E-state index >= 15 is 0 Å². The normalized spacial score (nSPS) is 16.7. The van der Waals surface area contributed by atoms with Crippen LogP contribution in [0, 0.1) is 5.92 Å². The Morgan fingerprint density at radius 3 is 2.00 bits per heavy atom. The first-order valence-corrected chi connectivity index (χ1v) is 21.3. The second kappa shape index (κ2) is 22.6. The Balaban J connectivity index is 1.25. The van der Waals surface area contributed by atoms with Crippen molar-refractivity contribution in [1.82, 2.24) is 36.8 Å². The van der Waals surface area contributed by atoms with Crippen molar-refractivity contribution in [2.75, 3.05) is 31.5 Å². The van der Waals surface area contributed by atoms with Crippen molar-refractivity contribution in [3.63, 3.8) is 0 Å². The maximum Gasteiger partial charge on any atom is 0.245 e. The lowest BCUT2D eigenvalue weighted by Crippen LogP contribution is -2.57. The van der Waals surface area contributed by atoms with Gasteiger partial charge in [-0.3, -0.25) is 43.2 Å². The maximum absolute atomic E-state index is 13.8. The predicted octanol–water partition coefficient (Wildman–Crippen LogP) is 0.660. The number of nitrogens with zero attached hydrogens (tertiary/aromatic N) is 1. The van der Waals surface area contributed by atoms with E-state index in [1.165, 1.54) is 25.7 Å². The van der Waals surface area contributed by atoms with Gasteiger partial charge in [-0.15, -0.1) is 0 Å². The lowest BCUT2D eigenvalue weighted by Gasteiger charge is -2.29. The van der Waals surface area contributed by atoms with E-state index in [2.05, 4.69) is 37.2 Å². The molecular weight excluding hydrogens is 799 g/mol. The van der Waals surface area contributed by atoms with Gasteiger partial charge in [0.25, 0.3) is 0 Å². The molecule has 1 aliphatic heterocycles. The van der Waals surface area contributed by atoms with E-state index in [0.717, 1.165) is 0 Å². The van der Waals surface area contributed by atoms with Crippen molar-refractivity contribution in [2.45, 2.75) is 116 Å². The van der Waals surface area contributed by atoms with Gasteiger partial charge in [0.05, 0.1) is 18.2 Å². The summed E-state index contributed by atoms with van der Waals surface area (Å²) in [5, 5.41) is 18.9. The van der Waals surface area contributed by atoms with Gasteiger partial charge in [0, 0.05) is 42.0 Å². The molecule has 0 radical (unpaired) electrons. The number of hydrogen-bond acceptors (Lipinski definition) is 11. The van der Waals surface area contributed by atoms with Crippen LogP contribution in [0.4, 0.5) is 5.69 Å². The summed E-state index contributed by atoms with van der Waals surface area (Å²) < 4.78 is 0. The van der Waals surface area contributed by atoms with E-state index in [1.54, 1.807) is 42.5 Å². The topological polar surface area (TPSA) is 267 Å². The number of hydrogen-bond donors (Lipinski definition) is 8. The highest BCUT2D eigenvalue weighted by Crippen LogP contribution is 2.32. The molecule has 1 saturated heterocycles. The van der Waals surface area contributed by atoms with Gasteiger partial charge >= 0.3 is 0 Å². The molecule has 2 aliphatic rings. The molecule has 0 bridgehead atoms. The molecule has 1 heterocycles. The van der Waals surface area contributed by atoms with Crippen molar-refractivity contribution in [1.29, 1.82) is 0 Å². The number of rotatable bonds is 21. The minimum absolute atomic E-state index is 0.0362. The van der Waals surface area contributed by atoms with E-state index in [0.29, 0.717) is 73.1 Å². The lowest BCUT2D eigenvalue weighted by molar-refractivity contribution is -0.141. The van der Waals surface area contributed by atoms with Crippen LogP contribution in [0.5, 0.6) is 0 Å². The number of likely N-dealkylation sites (tertiary alicyclic amines) is 1. The maximum atomic E-state index is 13.8. The van der Waals surface area contributed by atoms with Gasteiger partial charge in [-0.2, -0.15) is 0 Å². The molecule has 1 aliphatic carbocycles. The van der Waals surface area contributed by atoms with E-state index in [4.69, 9.17) is 5.73 Å². The highest BCUT2D eigenvalue weighted by atomic mass is 16.2. The molecule has 2 aromatic rings. The molecule has 1 fully saturated rings. The van der Waals surface area contributed by atoms with Crippen LogP contribution < -0.4 is 43.0 Å². The van der Waals surface area contributed by atoms with Crippen LogP contribution in [-0.4, -0.2) is 120 Å². The van der Waals surface area contributed by atoms with Crippen molar-refractivity contribution in [3.8, 4) is 0 Å². The van der Waals surface area contributed by atoms with Crippen LogP contribution in [0.25, 0.3) is 0 Å². The second-order valence-corrected chi connectivity index (χ2v) is 16.3. The zero-order chi connectivity index (χ0) is 45.7. The van der Waals surface area contributed by atoms with Gasteiger partial charge in [-0.1, -0.05) is 63.6 Å². The first-order chi connectivity index (χ1) is 29.4. The fraction of sp³-hybridized carbons (Fsp3) is 0.523. The minimum atomic E-state index is -1.07. The average molecular weight is 860 g/mol. The zero-order valence-corrected chi connectivity index (χ0v) is 36.4. The van der Waals surface area contributed by atoms with E-state index in [-0.39, 0.29) is 36.4 Å². The Kier molecular flexibility index (Phi) is 17.7. The Bertz CT molecular complexity index is 2020. The molecule has 9 N–H and O–H groups in total. The molecule has 6 atom stereocenters. The highest BCUT2D eigenvalue weighted by molar-refractivity contribution is 6.30. The SMILES string of the molecule is CCC[C@H](NC(=O)CNC(=O)[C@H](CC(C)C)NC(=O)[C@H](C)NC(=O)[C@H](C)NC(=O)[C@@H](C)N)C(=O)N1CCC[C@H]1C(=O)NCCCNc1cccc2c1C(=O)c1ccccc1C2=O. The summed E-state index contributed by atoms with van der Waals surface area (Å²) in [6.45, 7) is 10.4. The number of amides is 7. The monoisotopic (exact) mass is 859 g/mol.